The van der Waals surface area contributed by atoms with E-state index in [0.717, 1.165) is 6.26 Å². The van der Waals surface area contributed by atoms with Gasteiger partial charge in [0, 0.05) is 12.8 Å². The summed E-state index contributed by atoms with van der Waals surface area (Å²) in [4.78, 5) is 25.4. The van der Waals surface area contributed by atoms with Crippen LogP contribution >= 0.6 is 0 Å². The van der Waals surface area contributed by atoms with Crippen molar-refractivity contribution in [1.29, 1.82) is 0 Å². The summed E-state index contributed by atoms with van der Waals surface area (Å²) in [5.74, 6) is -0.165. The van der Waals surface area contributed by atoms with Gasteiger partial charge in [0.1, 0.15) is 6.04 Å². The fourth-order valence-corrected chi connectivity index (χ4v) is 2.51. The number of amides is 2. The summed E-state index contributed by atoms with van der Waals surface area (Å²) < 4.78 is 22.4. The first-order chi connectivity index (χ1) is 8.94. The highest BCUT2D eigenvalue weighted by atomic mass is 32.2. The SMILES string of the molecule is CC(C)CC1NC(=O)CN(CC(C)(C)S(C)(=O)=O)C1=O. The van der Waals surface area contributed by atoms with Crippen LogP contribution in [-0.4, -0.2) is 55.3 Å². The quantitative estimate of drug-likeness (QED) is 0.785. The molecule has 0 bridgehead atoms. The van der Waals surface area contributed by atoms with E-state index in [1.54, 1.807) is 13.8 Å². The van der Waals surface area contributed by atoms with E-state index in [1.165, 1.54) is 4.90 Å². The molecule has 1 aliphatic rings. The zero-order valence-corrected chi connectivity index (χ0v) is 13.6. The predicted molar refractivity (Wildman–Crippen MR) is 76.9 cm³/mol. The van der Waals surface area contributed by atoms with Crippen LogP contribution in [0.4, 0.5) is 0 Å². The first kappa shape index (κ1) is 16.9. The van der Waals surface area contributed by atoms with E-state index in [4.69, 9.17) is 0 Å². The van der Waals surface area contributed by atoms with Gasteiger partial charge in [-0.25, -0.2) is 8.42 Å². The molecule has 1 unspecified atom stereocenters. The van der Waals surface area contributed by atoms with Crippen molar-refractivity contribution in [3.8, 4) is 0 Å². The molecule has 0 radical (unpaired) electrons. The zero-order valence-electron chi connectivity index (χ0n) is 12.8. The fourth-order valence-electron chi connectivity index (χ4n) is 2.12. The number of rotatable bonds is 5. The summed E-state index contributed by atoms with van der Waals surface area (Å²) >= 11 is 0. The Morgan fingerprint density at radius 1 is 1.35 bits per heavy atom. The van der Waals surface area contributed by atoms with Gasteiger partial charge >= 0.3 is 0 Å². The fraction of sp³-hybridized carbons (Fsp3) is 0.846. The van der Waals surface area contributed by atoms with Crippen molar-refractivity contribution in [1.82, 2.24) is 10.2 Å². The highest BCUT2D eigenvalue weighted by Gasteiger charge is 2.39. The number of hydrogen-bond donors (Lipinski definition) is 1. The van der Waals surface area contributed by atoms with Crippen LogP contribution in [0.3, 0.4) is 0 Å². The first-order valence-corrected chi connectivity index (χ1v) is 8.61. The molecular formula is C13H24N2O4S. The smallest absolute Gasteiger partial charge is 0.245 e. The molecule has 20 heavy (non-hydrogen) atoms. The van der Waals surface area contributed by atoms with Crippen LogP contribution in [0.2, 0.25) is 0 Å². The lowest BCUT2D eigenvalue weighted by atomic mass is 10.0. The molecule has 0 saturated carbocycles. The predicted octanol–water partition coefficient (Wildman–Crippen LogP) is 0.183. The van der Waals surface area contributed by atoms with E-state index < -0.39 is 20.6 Å². The Kier molecular flexibility index (Phi) is 4.84. The van der Waals surface area contributed by atoms with Crippen molar-refractivity contribution in [2.24, 2.45) is 5.92 Å². The van der Waals surface area contributed by atoms with Crippen LogP contribution in [-0.2, 0) is 19.4 Å². The highest BCUT2D eigenvalue weighted by Crippen LogP contribution is 2.20. The second-order valence-electron chi connectivity index (χ2n) is 6.48. The Labute approximate surface area is 120 Å². The van der Waals surface area contributed by atoms with Crippen LogP contribution in [0.5, 0.6) is 0 Å². The normalized spacial score (nSPS) is 21.3. The molecule has 1 rings (SSSR count). The van der Waals surface area contributed by atoms with Gasteiger partial charge in [-0.15, -0.1) is 0 Å². The molecule has 7 heteroatoms. The minimum Gasteiger partial charge on any atom is -0.343 e. The number of nitrogens with zero attached hydrogens (tertiary/aromatic N) is 1. The summed E-state index contributed by atoms with van der Waals surface area (Å²) in [6, 6.07) is -0.549. The van der Waals surface area contributed by atoms with Crippen LogP contribution in [0.1, 0.15) is 34.1 Å². The van der Waals surface area contributed by atoms with Gasteiger partial charge in [-0.05, 0) is 26.2 Å². The minimum atomic E-state index is -3.31. The first-order valence-electron chi connectivity index (χ1n) is 6.72. The summed E-state index contributed by atoms with van der Waals surface area (Å²) in [7, 11) is -3.31. The second kappa shape index (κ2) is 5.71. The molecule has 1 saturated heterocycles. The lowest BCUT2D eigenvalue weighted by molar-refractivity contribution is -0.145. The Morgan fingerprint density at radius 2 is 1.90 bits per heavy atom. The summed E-state index contributed by atoms with van der Waals surface area (Å²) in [6.45, 7) is 7.04. The van der Waals surface area contributed by atoms with Crippen LogP contribution in [0, 0.1) is 5.92 Å². The zero-order chi connectivity index (χ0) is 15.7. The average molecular weight is 304 g/mol. The van der Waals surface area contributed by atoms with Crippen molar-refractivity contribution in [3.63, 3.8) is 0 Å². The van der Waals surface area contributed by atoms with Gasteiger partial charge in [-0.3, -0.25) is 9.59 Å². The van der Waals surface area contributed by atoms with Gasteiger partial charge < -0.3 is 10.2 Å². The van der Waals surface area contributed by atoms with Crippen LogP contribution in [0.25, 0.3) is 0 Å². The van der Waals surface area contributed by atoms with Gasteiger partial charge in [0.25, 0.3) is 0 Å². The minimum absolute atomic E-state index is 0.0344. The van der Waals surface area contributed by atoms with E-state index in [0.29, 0.717) is 6.42 Å². The largest absolute Gasteiger partial charge is 0.343 e. The van der Waals surface area contributed by atoms with Gasteiger partial charge in [0.05, 0.1) is 11.3 Å². The average Bonchev–Trinajstić information content (AvgIpc) is 2.21. The molecular weight excluding hydrogens is 280 g/mol. The third-order valence-electron chi connectivity index (χ3n) is 3.56. The van der Waals surface area contributed by atoms with Gasteiger partial charge in [-0.2, -0.15) is 0 Å². The molecule has 0 spiro atoms. The van der Waals surface area contributed by atoms with Gasteiger partial charge in [0.2, 0.25) is 11.8 Å². The number of sulfone groups is 1. The molecule has 0 aliphatic carbocycles. The lowest BCUT2D eigenvalue weighted by Crippen LogP contribution is -2.61. The third kappa shape index (κ3) is 3.94. The molecule has 2 amide bonds. The third-order valence-corrected chi connectivity index (χ3v) is 5.70. The highest BCUT2D eigenvalue weighted by molar-refractivity contribution is 7.92. The molecule has 1 atom stereocenters. The molecule has 1 heterocycles. The van der Waals surface area contributed by atoms with E-state index in [2.05, 4.69) is 5.32 Å². The van der Waals surface area contributed by atoms with Crippen molar-refractivity contribution >= 4 is 21.7 Å². The summed E-state index contributed by atoms with van der Waals surface area (Å²) in [5.41, 5.74) is 0. The van der Waals surface area contributed by atoms with E-state index in [-0.39, 0.29) is 30.8 Å². The molecule has 0 aromatic heterocycles. The summed E-state index contributed by atoms with van der Waals surface area (Å²) in [6.07, 6.45) is 1.70. The van der Waals surface area contributed by atoms with Crippen LogP contribution in [0.15, 0.2) is 0 Å². The molecule has 116 valence electrons. The molecule has 1 aliphatic heterocycles. The van der Waals surface area contributed by atoms with E-state index in [9.17, 15) is 18.0 Å². The Balaban J connectivity index is 2.89. The van der Waals surface area contributed by atoms with Gasteiger partial charge in [0.15, 0.2) is 9.84 Å². The maximum atomic E-state index is 12.3. The van der Waals surface area contributed by atoms with Crippen LogP contribution < -0.4 is 5.32 Å². The number of carbonyl (C=O) groups is 2. The summed E-state index contributed by atoms with van der Waals surface area (Å²) in [5, 5.41) is 2.67. The molecule has 1 fully saturated rings. The van der Waals surface area contributed by atoms with Crippen molar-refractivity contribution in [3.05, 3.63) is 0 Å². The second-order valence-corrected chi connectivity index (χ2v) is 9.13. The Morgan fingerprint density at radius 3 is 2.35 bits per heavy atom. The number of carbonyl (C=O) groups excluding carboxylic acids is 2. The number of nitrogens with one attached hydrogen (secondary N) is 1. The lowest BCUT2D eigenvalue weighted by Gasteiger charge is -2.37. The topological polar surface area (TPSA) is 83.6 Å². The van der Waals surface area contributed by atoms with E-state index in [1.807, 2.05) is 13.8 Å². The standard InChI is InChI=1S/C13H24N2O4S/c1-9(2)6-10-12(17)15(7-11(16)14-10)8-13(3,4)20(5,18)19/h9-10H,6-8H2,1-5H3,(H,14,16). The van der Waals surface area contributed by atoms with Gasteiger partial charge in [-0.1, -0.05) is 13.8 Å². The molecule has 1 N–H and O–H groups in total. The molecule has 0 aromatic rings. The van der Waals surface area contributed by atoms with E-state index >= 15 is 0 Å². The Bertz CT molecular complexity index is 497. The molecule has 6 nitrogen and oxygen atoms in total. The van der Waals surface area contributed by atoms with Crippen molar-refractivity contribution < 1.29 is 18.0 Å². The number of hydrogen-bond acceptors (Lipinski definition) is 4. The number of piperazine rings is 1. The Hall–Kier alpha value is -1.11. The monoisotopic (exact) mass is 304 g/mol. The van der Waals surface area contributed by atoms with Crippen molar-refractivity contribution in [2.45, 2.75) is 44.9 Å². The maximum absolute atomic E-state index is 12.3. The maximum Gasteiger partial charge on any atom is 0.245 e. The molecule has 0 aromatic carbocycles. The van der Waals surface area contributed by atoms with Crippen molar-refractivity contribution in [2.75, 3.05) is 19.3 Å².